The molecule has 8 heteroatoms. The molecule has 0 radical (unpaired) electrons. The third kappa shape index (κ3) is 3.96. The number of thiophene rings is 1. The van der Waals surface area contributed by atoms with Gasteiger partial charge in [0.05, 0.1) is 10.0 Å². The number of rotatable bonds is 4. The highest BCUT2D eigenvalue weighted by Gasteiger charge is 2.30. The van der Waals surface area contributed by atoms with Gasteiger partial charge in [0.2, 0.25) is 5.91 Å². The summed E-state index contributed by atoms with van der Waals surface area (Å²) >= 11 is 20.0. The van der Waals surface area contributed by atoms with Crippen molar-refractivity contribution in [3.05, 3.63) is 32.1 Å². The fourth-order valence-corrected chi connectivity index (χ4v) is 5.47. The molecule has 26 heavy (non-hydrogen) atoms. The summed E-state index contributed by atoms with van der Waals surface area (Å²) in [5.74, 6) is -0.0622. The van der Waals surface area contributed by atoms with Crippen LogP contribution in [0.2, 0.25) is 15.1 Å². The molecular formula is C18H19Cl3N2O2S. The second-order valence-corrected chi connectivity index (χ2v) is 8.64. The van der Waals surface area contributed by atoms with Crippen LogP contribution < -0.4 is 5.32 Å². The fourth-order valence-electron chi connectivity index (χ4n) is 3.13. The number of hydrogen-bond acceptors (Lipinski definition) is 3. The first-order valence-corrected chi connectivity index (χ1v) is 10.5. The highest BCUT2D eigenvalue weighted by atomic mass is 35.5. The molecular weight excluding hydrogens is 415 g/mol. The molecule has 0 bridgehead atoms. The van der Waals surface area contributed by atoms with Crippen LogP contribution in [-0.4, -0.2) is 36.3 Å². The summed E-state index contributed by atoms with van der Waals surface area (Å²) in [6, 6.07) is 3.39. The number of nitrogens with one attached hydrogen (secondary N) is 1. The van der Waals surface area contributed by atoms with Crippen LogP contribution in [0.1, 0.15) is 35.9 Å². The van der Waals surface area contributed by atoms with Crippen LogP contribution in [0.15, 0.2) is 12.1 Å². The smallest absolute Gasteiger partial charge is 0.265 e. The Labute approximate surface area is 171 Å². The Kier molecular flexibility index (Phi) is 6.33. The largest absolute Gasteiger partial charge is 0.356 e. The molecule has 0 saturated carbocycles. The molecule has 1 fully saturated rings. The third-order valence-corrected chi connectivity index (χ3v) is 6.68. The monoisotopic (exact) mass is 432 g/mol. The molecule has 140 valence electrons. The van der Waals surface area contributed by atoms with Crippen LogP contribution in [0, 0.1) is 5.92 Å². The molecule has 0 unspecified atom stereocenters. The summed E-state index contributed by atoms with van der Waals surface area (Å²) in [5, 5.41) is 4.92. The summed E-state index contributed by atoms with van der Waals surface area (Å²) in [6.07, 6.45) is 2.24. The normalized spacial score (nSPS) is 15.5. The standard InChI is InChI=1S/C18H19Cl3N2O2S/c1-2-5-22-17(24)10-3-6-23(7-4-10)18(25)16-15(21)14-12(20)8-11(19)9-13(14)26-16/h8-10H,2-7H2,1H3,(H,22,24). The second-order valence-electron chi connectivity index (χ2n) is 6.36. The van der Waals surface area contributed by atoms with Gasteiger partial charge in [0.15, 0.2) is 0 Å². The van der Waals surface area contributed by atoms with Crippen LogP contribution >= 0.6 is 46.1 Å². The van der Waals surface area contributed by atoms with Gasteiger partial charge in [0, 0.05) is 40.7 Å². The molecule has 0 aliphatic carbocycles. The number of nitrogens with zero attached hydrogens (tertiary/aromatic N) is 1. The van der Waals surface area contributed by atoms with Gasteiger partial charge in [-0.2, -0.15) is 0 Å². The lowest BCUT2D eigenvalue weighted by atomic mass is 9.95. The van der Waals surface area contributed by atoms with Gasteiger partial charge in [-0.15, -0.1) is 11.3 Å². The number of hydrogen-bond donors (Lipinski definition) is 1. The molecule has 1 aromatic carbocycles. The maximum absolute atomic E-state index is 12.9. The van der Waals surface area contributed by atoms with Crippen LogP contribution in [0.25, 0.3) is 10.1 Å². The van der Waals surface area contributed by atoms with E-state index in [9.17, 15) is 9.59 Å². The highest BCUT2D eigenvalue weighted by Crippen LogP contribution is 2.41. The van der Waals surface area contributed by atoms with E-state index in [0.717, 1.165) is 11.1 Å². The van der Waals surface area contributed by atoms with Crippen molar-refractivity contribution < 1.29 is 9.59 Å². The van der Waals surface area contributed by atoms with Gasteiger partial charge >= 0.3 is 0 Å². The highest BCUT2D eigenvalue weighted by molar-refractivity contribution is 7.21. The summed E-state index contributed by atoms with van der Waals surface area (Å²) < 4.78 is 0.796. The third-order valence-electron chi connectivity index (χ3n) is 4.55. The molecule has 1 N–H and O–H groups in total. The number of piperidine rings is 1. The molecule has 1 saturated heterocycles. The Morgan fingerprint density at radius 2 is 1.92 bits per heavy atom. The van der Waals surface area contributed by atoms with Gasteiger partial charge in [-0.25, -0.2) is 0 Å². The van der Waals surface area contributed by atoms with Crippen LogP contribution in [0.4, 0.5) is 0 Å². The molecule has 1 aliphatic rings. The number of likely N-dealkylation sites (tertiary alicyclic amines) is 1. The lowest BCUT2D eigenvalue weighted by Gasteiger charge is -2.31. The Hall–Kier alpha value is -1.01. The minimum absolute atomic E-state index is 0.0308. The molecule has 0 atom stereocenters. The topological polar surface area (TPSA) is 49.4 Å². The number of halogens is 3. The van der Waals surface area contributed by atoms with Crippen LogP contribution in [0.3, 0.4) is 0 Å². The maximum atomic E-state index is 12.9. The Morgan fingerprint density at radius 3 is 2.58 bits per heavy atom. The SMILES string of the molecule is CCCNC(=O)C1CCN(C(=O)c2sc3cc(Cl)cc(Cl)c3c2Cl)CC1. The van der Waals surface area contributed by atoms with Gasteiger partial charge in [-0.1, -0.05) is 41.7 Å². The Bertz CT molecular complexity index is 845. The van der Waals surface area contributed by atoms with Crippen molar-refractivity contribution in [2.75, 3.05) is 19.6 Å². The zero-order chi connectivity index (χ0) is 18.8. The van der Waals surface area contributed by atoms with E-state index in [1.807, 2.05) is 6.92 Å². The van der Waals surface area contributed by atoms with Gasteiger partial charge < -0.3 is 10.2 Å². The molecule has 2 amide bonds. The zero-order valence-corrected chi connectivity index (χ0v) is 17.4. The minimum atomic E-state index is -0.115. The lowest BCUT2D eigenvalue weighted by molar-refractivity contribution is -0.126. The Morgan fingerprint density at radius 1 is 1.23 bits per heavy atom. The van der Waals surface area contributed by atoms with E-state index in [-0.39, 0.29) is 17.7 Å². The summed E-state index contributed by atoms with van der Waals surface area (Å²) in [6.45, 7) is 3.80. The summed E-state index contributed by atoms with van der Waals surface area (Å²) in [7, 11) is 0. The predicted molar refractivity (Wildman–Crippen MR) is 109 cm³/mol. The van der Waals surface area contributed by atoms with Crippen molar-refractivity contribution in [1.82, 2.24) is 10.2 Å². The van der Waals surface area contributed by atoms with Crippen molar-refractivity contribution >= 4 is 68.0 Å². The van der Waals surface area contributed by atoms with Crippen molar-refractivity contribution in [3.8, 4) is 0 Å². The van der Waals surface area contributed by atoms with Crippen LogP contribution in [0.5, 0.6) is 0 Å². The maximum Gasteiger partial charge on any atom is 0.265 e. The van der Waals surface area contributed by atoms with Gasteiger partial charge in [-0.05, 0) is 31.4 Å². The number of carbonyl (C=O) groups excluding carboxylic acids is 2. The first kappa shape index (κ1) is 19.7. The number of amides is 2. The quantitative estimate of drug-likeness (QED) is 0.717. The predicted octanol–water partition coefficient (Wildman–Crippen LogP) is 5.24. The van der Waals surface area contributed by atoms with Crippen molar-refractivity contribution in [1.29, 1.82) is 0 Å². The summed E-state index contributed by atoms with van der Waals surface area (Å²) in [5.41, 5.74) is 0. The first-order chi connectivity index (χ1) is 12.4. The van der Waals surface area contributed by atoms with E-state index in [1.54, 1.807) is 17.0 Å². The van der Waals surface area contributed by atoms with Gasteiger partial charge in [0.25, 0.3) is 5.91 Å². The van der Waals surface area contributed by atoms with Crippen molar-refractivity contribution in [2.45, 2.75) is 26.2 Å². The number of fused-ring (bicyclic) bond motifs is 1. The van der Waals surface area contributed by atoms with E-state index in [1.165, 1.54) is 11.3 Å². The lowest BCUT2D eigenvalue weighted by Crippen LogP contribution is -2.43. The van der Waals surface area contributed by atoms with Gasteiger partial charge in [-0.3, -0.25) is 9.59 Å². The first-order valence-electron chi connectivity index (χ1n) is 8.56. The number of benzene rings is 1. The van der Waals surface area contributed by atoms with Crippen molar-refractivity contribution in [2.24, 2.45) is 5.92 Å². The minimum Gasteiger partial charge on any atom is -0.356 e. The van der Waals surface area contributed by atoms with E-state index in [0.29, 0.717) is 57.8 Å². The van der Waals surface area contributed by atoms with E-state index in [4.69, 9.17) is 34.8 Å². The fraction of sp³-hybridized carbons (Fsp3) is 0.444. The average molecular weight is 434 g/mol. The average Bonchev–Trinajstić information content (AvgIpc) is 2.95. The zero-order valence-electron chi connectivity index (χ0n) is 14.3. The van der Waals surface area contributed by atoms with E-state index < -0.39 is 0 Å². The van der Waals surface area contributed by atoms with Gasteiger partial charge in [0.1, 0.15) is 4.88 Å². The summed E-state index contributed by atoms with van der Waals surface area (Å²) in [4.78, 5) is 27.2. The second kappa shape index (κ2) is 8.34. The Balaban J connectivity index is 1.73. The molecule has 2 heterocycles. The molecule has 2 aromatic rings. The molecule has 1 aromatic heterocycles. The molecule has 4 nitrogen and oxygen atoms in total. The molecule has 1 aliphatic heterocycles. The number of carbonyl (C=O) groups is 2. The van der Waals surface area contributed by atoms with Crippen molar-refractivity contribution in [3.63, 3.8) is 0 Å². The van der Waals surface area contributed by atoms with E-state index in [2.05, 4.69) is 5.32 Å². The molecule has 0 spiro atoms. The molecule has 3 rings (SSSR count). The van der Waals surface area contributed by atoms with Crippen LogP contribution in [-0.2, 0) is 4.79 Å². The van der Waals surface area contributed by atoms with E-state index >= 15 is 0 Å².